The Labute approximate surface area is 344 Å². The first-order valence-corrected chi connectivity index (χ1v) is 25.8. The van der Waals surface area contributed by atoms with Crippen LogP contribution in [0.5, 0.6) is 5.75 Å². The number of aliphatic hydroxyl groups excluding tert-OH is 2. The molecule has 1 amide bonds. The average molecular weight is 852 g/mol. The number of benzene rings is 1. The van der Waals surface area contributed by atoms with Crippen LogP contribution in [0.15, 0.2) is 46.1 Å². The Bertz CT molecular complexity index is 1800. The van der Waals surface area contributed by atoms with Crippen molar-refractivity contribution in [2.24, 2.45) is 11.7 Å². The fourth-order valence-corrected chi connectivity index (χ4v) is 8.62. The number of aliphatic carboxylic acids is 1. The number of aromatic nitrogens is 2. The van der Waals surface area contributed by atoms with Crippen LogP contribution in [0.3, 0.4) is 0 Å². The molecule has 1 unspecified atom stereocenters. The van der Waals surface area contributed by atoms with E-state index in [1.54, 1.807) is 45.2 Å². The summed E-state index contributed by atoms with van der Waals surface area (Å²) < 4.78 is 28.4. The van der Waals surface area contributed by atoms with Crippen molar-refractivity contribution in [1.29, 1.82) is 0 Å². The zero-order valence-electron chi connectivity index (χ0n) is 36.6. The molecule has 1 aliphatic heterocycles. The molecule has 2 heterocycles. The molecule has 1 aliphatic rings. The van der Waals surface area contributed by atoms with Crippen LogP contribution < -0.4 is 32.4 Å². The second-order valence-electron chi connectivity index (χ2n) is 18.6. The number of methoxy groups -OCH3 is 1. The first kappa shape index (κ1) is 49.2. The summed E-state index contributed by atoms with van der Waals surface area (Å²) >= 11 is 0. The monoisotopic (exact) mass is 851 g/mol. The molecule has 58 heavy (non-hydrogen) atoms. The lowest BCUT2D eigenvalue weighted by atomic mass is 9.99. The Morgan fingerprint density at radius 2 is 1.47 bits per heavy atom. The number of ether oxygens (including phenoxy) is 2. The van der Waals surface area contributed by atoms with Crippen LogP contribution in [-0.4, -0.2) is 116 Å². The number of carbonyl (C=O) groups is 2. The summed E-state index contributed by atoms with van der Waals surface area (Å²) in [5.74, 6) is -1.50. The zero-order valence-corrected chi connectivity index (χ0v) is 38.6. The maximum atomic E-state index is 14.4. The lowest BCUT2D eigenvalue weighted by Crippen LogP contribution is -2.59. The summed E-state index contributed by atoms with van der Waals surface area (Å²) in [6.45, 7) is 24.1. The van der Waals surface area contributed by atoms with E-state index in [-0.39, 0.29) is 42.0 Å². The van der Waals surface area contributed by atoms with Gasteiger partial charge < -0.3 is 50.0 Å². The molecule has 18 heteroatoms. The van der Waals surface area contributed by atoms with Gasteiger partial charge in [-0.3, -0.25) is 23.5 Å². The van der Waals surface area contributed by atoms with Gasteiger partial charge in [-0.1, -0.05) is 67.5 Å². The Kier molecular flexibility index (Phi) is 16.5. The molecule has 3 rings (SSSR count). The number of nitrogens with one attached hydrogen (secondary N) is 2. The molecule has 0 saturated carbocycles. The molecule has 0 radical (unpaired) electrons. The lowest BCUT2D eigenvalue weighted by Gasteiger charge is -2.44. The molecular weight excluding hydrogens is 783 g/mol. The first-order chi connectivity index (χ1) is 26.6. The maximum absolute atomic E-state index is 14.4. The van der Waals surface area contributed by atoms with E-state index in [1.165, 1.54) is 16.8 Å². The van der Waals surface area contributed by atoms with Gasteiger partial charge in [0.05, 0.1) is 19.8 Å². The van der Waals surface area contributed by atoms with E-state index >= 15 is 0 Å². The van der Waals surface area contributed by atoms with Crippen molar-refractivity contribution in [3.8, 4) is 5.75 Å². The summed E-state index contributed by atoms with van der Waals surface area (Å²) in [4.78, 5) is 52.9. The average Bonchev–Trinajstić information content (AvgIpc) is 3.45. The second kappa shape index (κ2) is 19.5. The largest absolute Gasteiger partial charge is 0.497 e. The van der Waals surface area contributed by atoms with Gasteiger partial charge in [0.15, 0.2) is 22.9 Å². The number of nitrogens with zero attached hydrogens (tertiary/aromatic N) is 2. The van der Waals surface area contributed by atoms with Crippen molar-refractivity contribution in [3.63, 3.8) is 0 Å². The number of amides is 1. The minimum Gasteiger partial charge on any atom is -0.497 e. The summed E-state index contributed by atoms with van der Waals surface area (Å²) in [7, 11) is -3.89. The molecular formula is C40H69N5O11Si2. The van der Waals surface area contributed by atoms with Crippen LogP contribution in [0.2, 0.25) is 36.3 Å². The van der Waals surface area contributed by atoms with E-state index in [0.29, 0.717) is 11.3 Å². The van der Waals surface area contributed by atoms with Crippen LogP contribution in [0.4, 0.5) is 0 Å². The molecule has 1 aromatic heterocycles. The molecule has 0 aliphatic carbocycles. The molecule has 1 aromatic carbocycles. The third kappa shape index (κ3) is 11.7. The van der Waals surface area contributed by atoms with Crippen molar-refractivity contribution in [3.05, 3.63) is 62.9 Å². The number of aliphatic hydroxyl groups is 2. The Hall–Kier alpha value is -3.21. The quantitative estimate of drug-likeness (QED) is 0.0885. The molecule has 0 spiro atoms. The van der Waals surface area contributed by atoms with Crippen LogP contribution in [-0.2, 0) is 29.7 Å². The number of nitrogens with two attached hydrogens (primary N) is 1. The van der Waals surface area contributed by atoms with Crippen molar-refractivity contribution in [2.75, 3.05) is 20.2 Å². The Morgan fingerprint density at radius 3 is 1.97 bits per heavy atom. The maximum Gasteiger partial charge on any atom is 0.333 e. The van der Waals surface area contributed by atoms with Gasteiger partial charge in [-0.15, -0.1) is 0 Å². The van der Waals surface area contributed by atoms with Crippen molar-refractivity contribution < 1.29 is 43.2 Å². The molecule has 16 nitrogen and oxygen atoms in total. The zero-order chi connectivity index (χ0) is 44.1. The van der Waals surface area contributed by atoms with Crippen molar-refractivity contribution in [1.82, 2.24) is 19.8 Å². The highest BCUT2D eigenvalue weighted by Crippen LogP contribution is 2.46. The van der Waals surface area contributed by atoms with E-state index in [9.17, 15) is 34.5 Å². The predicted octanol–water partition coefficient (Wildman–Crippen LogP) is 3.00. The smallest absolute Gasteiger partial charge is 0.333 e. The third-order valence-corrected chi connectivity index (χ3v) is 20.8. The van der Waals surface area contributed by atoms with Crippen molar-refractivity contribution in [2.45, 2.75) is 153 Å². The molecule has 1 fully saturated rings. The van der Waals surface area contributed by atoms with E-state index < -0.39 is 88.6 Å². The molecule has 8 atom stereocenters. The highest BCUT2D eigenvalue weighted by molar-refractivity contribution is 6.74. The summed E-state index contributed by atoms with van der Waals surface area (Å²) in [5, 5.41) is 37.6. The number of carbonyl (C=O) groups excluding carboxylic acids is 1. The van der Waals surface area contributed by atoms with Gasteiger partial charge in [-0.25, -0.2) is 4.79 Å². The lowest BCUT2D eigenvalue weighted by molar-refractivity contribution is -0.149. The topological polar surface area (TPSA) is 226 Å². The van der Waals surface area contributed by atoms with Gasteiger partial charge >= 0.3 is 11.7 Å². The Balaban J connectivity index is 2.08. The van der Waals surface area contributed by atoms with E-state index in [4.69, 9.17) is 24.1 Å². The SMILES string of the molecule is COc1ccc(Cn2c(=O)ccn([C@@H]3OC([C@H](O)[C@H](NCCCNC(=O)[C@@H](N)[C@@H](O)C(C)C)C(=O)O)[C@@H](O[Si](C)(C)C(C)(C)C)[C@H]3O[Si](C)(C)C(C)(C)C)c2=O)cc1. The fourth-order valence-electron chi connectivity index (χ4n) is 6.03. The summed E-state index contributed by atoms with van der Waals surface area (Å²) in [6, 6.07) is 5.56. The minimum atomic E-state index is -2.72. The van der Waals surface area contributed by atoms with Crippen LogP contribution in [0.25, 0.3) is 0 Å². The van der Waals surface area contributed by atoms with Gasteiger partial charge in [-0.2, -0.15) is 0 Å². The normalized spacial score (nSPS) is 21.4. The fraction of sp³-hybridized carbons (Fsp3) is 0.700. The predicted molar refractivity (Wildman–Crippen MR) is 227 cm³/mol. The highest BCUT2D eigenvalue weighted by Gasteiger charge is 2.57. The molecule has 0 bridgehead atoms. The van der Waals surface area contributed by atoms with Gasteiger partial charge in [-0.05, 0) is 72.8 Å². The number of carboxylic acid groups (broad SMARTS) is 1. The minimum absolute atomic E-state index is 0.0470. The third-order valence-electron chi connectivity index (χ3n) is 11.9. The molecule has 328 valence electrons. The van der Waals surface area contributed by atoms with Gasteiger partial charge in [0, 0.05) is 18.8 Å². The number of hydrogen-bond acceptors (Lipinski definition) is 12. The second-order valence-corrected chi connectivity index (χ2v) is 28.1. The molecule has 7 N–H and O–H groups in total. The van der Waals surface area contributed by atoms with Gasteiger partial charge in [0.25, 0.3) is 5.56 Å². The first-order valence-electron chi connectivity index (χ1n) is 20.0. The van der Waals surface area contributed by atoms with Crippen LogP contribution in [0.1, 0.15) is 73.6 Å². The van der Waals surface area contributed by atoms with E-state index in [1.807, 2.05) is 26.2 Å². The van der Waals surface area contributed by atoms with Gasteiger partial charge in [0.1, 0.15) is 42.2 Å². The Morgan fingerprint density at radius 1 is 0.914 bits per heavy atom. The molecule has 2 aromatic rings. The number of hydrogen-bond donors (Lipinski definition) is 6. The number of carboxylic acids is 1. The van der Waals surface area contributed by atoms with Crippen LogP contribution in [0, 0.1) is 5.92 Å². The van der Waals surface area contributed by atoms with E-state index in [0.717, 1.165) is 4.57 Å². The van der Waals surface area contributed by atoms with Crippen LogP contribution >= 0.6 is 0 Å². The summed E-state index contributed by atoms with van der Waals surface area (Å²) in [5.41, 5.74) is 5.35. The van der Waals surface area contributed by atoms with E-state index in [2.05, 4.69) is 52.2 Å². The molecule has 1 saturated heterocycles. The highest BCUT2D eigenvalue weighted by atomic mass is 28.4. The van der Waals surface area contributed by atoms with Gasteiger partial charge in [0.2, 0.25) is 5.91 Å². The summed E-state index contributed by atoms with van der Waals surface area (Å²) in [6.07, 6.45) is -5.72. The number of rotatable bonds is 19. The van der Waals surface area contributed by atoms with Crippen molar-refractivity contribution >= 4 is 28.5 Å². The standard InChI is InChI=1S/C40H69N5O11Si2/c1-24(2)30(47)28(41)35(49)43-21-14-20-42-29(37(50)51)31(48)32-33(55-57(10,11)39(3,4)5)34(56-58(12,13)40(6,7)8)36(54-32)44-22-19-27(46)45(38(44)52)23-25-15-17-26(53-9)18-16-25/h15-19,22,24,28-34,36,42,47-48H,14,20-21,23,41H2,1-13H3,(H,43,49)(H,50,51)/t28-,29-,30-,31+,32?,33+,34+,36+/m0/s1.